The van der Waals surface area contributed by atoms with Crippen LogP contribution in [0, 0.1) is 5.82 Å². The van der Waals surface area contributed by atoms with Crippen LogP contribution in [0.25, 0.3) is 0 Å². The molecule has 0 radical (unpaired) electrons. The maximum Gasteiger partial charge on any atom is 0.234 e. The molecule has 2 aromatic carbocycles. The normalized spacial score (nSPS) is 12.0. The van der Waals surface area contributed by atoms with E-state index in [9.17, 15) is 14.3 Å². The zero-order valence-corrected chi connectivity index (χ0v) is 12.4. The van der Waals surface area contributed by atoms with E-state index in [1.807, 2.05) is 24.3 Å². The molecule has 1 amide bonds. The molecule has 0 heterocycles. The molecule has 1 unspecified atom stereocenters. The van der Waals surface area contributed by atoms with E-state index in [2.05, 4.69) is 5.32 Å². The Hall–Kier alpha value is -1.85. The van der Waals surface area contributed by atoms with Gasteiger partial charge in [0.15, 0.2) is 0 Å². The maximum atomic E-state index is 12.7. The minimum absolute atomic E-state index is 0.147. The van der Waals surface area contributed by atoms with Crippen LogP contribution in [0.15, 0.2) is 53.4 Å². The maximum absolute atomic E-state index is 12.7. The first kappa shape index (κ1) is 15.5. The molecule has 0 spiro atoms. The number of hydrogen-bond donors (Lipinski definition) is 2. The number of halogens is 1. The van der Waals surface area contributed by atoms with Crippen LogP contribution < -0.4 is 5.32 Å². The highest BCUT2D eigenvalue weighted by Crippen LogP contribution is 2.21. The van der Waals surface area contributed by atoms with Crippen LogP contribution in [-0.4, -0.2) is 16.8 Å². The Labute approximate surface area is 127 Å². The number of thioether (sulfide) groups is 1. The molecule has 2 rings (SSSR count). The Morgan fingerprint density at radius 1 is 1.19 bits per heavy atom. The first-order valence-corrected chi connectivity index (χ1v) is 7.49. The van der Waals surface area contributed by atoms with Gasteiger partial charge in [-0.25, -0.2) is 4.39 Å². The average Bonchev–Trinajstić information content (AvgIpc) is 2.48. The third-order valence-electron chi connectivity index (χ3n) is 2.86. The lowest BCUT2D eigenvalue weighted by molar-refractivity contribution is -0.113. The summed E-state index contributed by atoms with van der Waals surface area (Å²) in [6, 6.07) is 13.1. The third kappa shape index (κ3) is 4.88. The van der Waals surface area contributed by atoms with Crippen LogP contribution >= 0.6 is 11.8 Å². The van der Waals surface area contributed by atoms with Crippen LogP contribution in [0.5, 0.6) is 0 Å². The van der Waals surface area contributed by atoms with Crippen molar-refractivity contribution in [2.75, 3.05) is 11.1 Å². The lowest BCUT2D eigenvalue weighted by Gasteiger charge is -2.07. The quantitative estimate of drug-likeness (QED) is 0.830. The summed E-state index contributed by atoms with van der Waals surface area (Å²) < 4.78 is 12.7. The lowest BCUT2D eigenvalue weighted by Crippen LogP contribution is -2.13. The van der Waals surface area contributed by atoms with Gasteiger partial charge in [-0.1, -0.05) is 12.1 Å². The Kier molecular flexibility index (Phi) is 5.36. The summed E-state index contributed by atoms with van der Waals surface area (Å²) >= 11 is 1.40. The summed E-state index contributed by atoms with van der Waals surface area (Å²) in [5.74, 6) is -0.211. The monoisotopic (exact) mass is 305 g/mol. The molecule has 1 atom stereocenters. The number of rotatable bonds is 5. The Bertz CT molecular complexity index is 597. The van der Waals surface area contributed by atoms with E-state index in [0.29, 0.717) is 5.69 Å². The molecular weight excluding hydrogens is 289 g/mol. The van der Waals surface area contributed by atoms with E-state index in [1.165, 1.54) is 36.0 Å². The summed E-state index contributed by atoms with van der Waals surface area (Å²) in [5.41, 5.74) is 1.42. The number of aliphatic hydroxyl groups excluding tert-OH is 1. The van der Waals surface area contributed by atoms with Gasteiger partial charge in [-0.15, -0.1) is 11.8 Å². The number of hydrogen-bond acceptors (Lipinski definition) is 3. The number of amides is 1. The molecule has 21 heavy (non-hydrogen) atoms. The molecule has 2 aromatic rings. The summed E-state index contributed by atoms with van der Waals surface area (Å²) in [6.45, 7) is 1.71. The molecule has 3 nitrogen and oxygen atoms in total. The number of carbonyl (C=O) groups is 1. The van der Waals surface area contributed by atoms with Crippen LogP contribution in [-0.2, 0) is 4.79 Å². The second-order valence-corrected chi connectivity index (χ2v) is 5.64. The van der Waals surface area contributed by atoms with Gasteiger partial charge in [0.2, 0.25) is 5.91 Å². The molecule has 0 saturated heterocycles. The van der Waals surface area contributed by atoms with Crippen molar-refractivity contribution in [3.8, 4) is 0 Å². The fourth-order valence-electron chi connectivity index (χ4n) is 1.72. The second kappa shape index (κ2) is 7.24. The number of anilines is 1. The minimum Gasteiger partial charge on any atom is -0.389 e. The van der Waals surface area contributed by atoms with Gasteiger partial charge >= 0.3 is 0 Å². The van der Waals surface area contributed by atoms with Crippen molar-refractivity contribution in [2.24, 2.45) is 0 Å². The van der Waals surface area contributed by atoms with Crippen LogP contribution in [0.2, 0.25) is 0 Å². The van der Waals surface area contributed by atoms with Gasteiger partial charge in [0.25, 0.3) is 0 Å². The first-order chi connectivity index (χ1) is 10.0. The molecule has 0 fully saturated rings. The van der Waals surface area contributed by atoms with Crippen molar-refractivity contribution in [1.82, 2.24) is 0 Å². The van der Waals surface area contributed by atoms with Gasteiger partial charge in [-0.3, -0.25) is 4.79 Å². The minimum atomic E-state index is -0.495. The molecule has 0 aliphatic heterocycles. The van der Waals surface area contributed by atoms with Crippen molar-refractivity contribution >= 4 is 23.4 Å². The fraction of sp³-hybridized carbons (Fsp3) is 0.188. The number of aliphatic hydroxyl groups is 1. The largest absolute Gasteiger partial charge is 0.389 e. The van der Waals surface area contributed by atoms with Crippen LogP contribution in [0.4, 0.5) is 10.1 Å². The number of nitrogens with one attached hydrogen (secondary N) is 1. The predicted molar refractivity (Wildman–Crippen MR) is 82.8 cm³/mol. The first-order valence-electron chi connectivity index (χ1n) is 6.51. The van der Waals surface area contributed by atoms with E-state index in [-0.39, 0.29) is 17.5 Å². The van der Waals surface area contributed by atoms with E-state index in [1.54, 1.807) is 6.92 Å². The van der Waals surface area contributed by atoms with Crippen molar-refractivity contribution in [2.45, 2.75) is 17.9 Å². The Balaban J connectivity index is 1.84. The second-order valence-electron chi connectivity index (χ2n) is 4.59. The smallest absolute Gasteiger partial charge is 0.234 e. The van der Waals surface area contributed by atoms with Crippen LogP contribution in [0.1, 0.15) is 18.6 Å². The van der Waals surface area contributed by atoms with Gasteiger partial charge in [-0.2, -0.15) is 0 Å². The zero-order valence-electron chi connectivity index (χ0n) is 11.5. The standard InChI is InChI=1S/C16H16FNO2S/c1-11(19)12-2-8-15(9-3-12)21-10-16(20)18-14-6-4-13(17)5-7-14/h2-9,11,19H,10H2,1H3,(H,18,20). The molecule has 5 heteroatoms. The van der Waals surface area contributed by atoms with E-state index >= 15 is 0 Å². The zero-order chi connectivity index (χ0) is 15.2. The van der Waals surface area contributed by atoms with Crippen molar-refractivity contribution in [1.29, 1.82) is 0 Å². The number of benzene rings is 2. The molecule has 0 bridgehead atoms. The molecule has 0 aliphatic rings. The molecular formula is C16H16FNO2S. The van der Waals surface area contributed by atoms with Gasteiger partial charge < -0.3 is 10.4 Å². The van der Waals surface area contributed by atoms with E-state index < -0.39 is 6.10 Å². The van der Waals surface area contributed by atoms with Gasteiger partial charge in [0.1, 0.15) is 5.82 Å². The highest BCUT2D eigenvalue weighted by Gasteiger charge is 2.05. The van der Waals surface area contributed by atoms with Crippen molar-refractivity contribution in [3.05, 3.63) is 59.9 Å². The summed E-state index contributed by atoms with van der Waals surface area (Å²) in [4.78, 5) is 12.7. The highest BCUT2D eigenvalue weighted by atomic mass is 32.2. The van der Waals surface area contributed by atoms with Crippen molar-refractivity contribution in [3.63, 3.8) is 0 Å². The Morgan fingerprint density at radius 3 is 2.38 bits per heavy atom. The van der Waals surface area contributed by atoms with Gasteiger partial charge in [0.05, 0.1) is 11.9 Å². The lowest BCUT2D eigenvalue weighted by atomic mass is 10.1. The third-order valence-corrected chi connectivity index (χ3v) is 3.87. The molecule has 0 aliphatic carbocycles. The SMILES string of the molecule is CC(O)c1ccc(SCC(=O)Nc2ccc(F)cc2)cc1. The van der Waals surface area contributed by atoms with Gasteiger partial charge in [0, 0.05) is 10.6 Å². The summed E-state index contributed by atoms with van der Waals surface area (Å²) in [5, 5.41) is 12.1. The topological polar surface area (TPSA) is 49.3 Å². The molecule has 0 saturated carbocycles. The predicted octanol–water partition coefficient (Wildman–Crippen LogP) is 3.61. The molecule has 0 aromatic heterocycles. The van der Waals surface area contributed by atoms with Gasteiger partial charge in [-0.05, 0) is 48.9 Å². The summed E-state index contributed by atoms with van der Waals surface area (Å²) in [7, 11) is 0. The molecule has 2 N–H and O–H groups in total. The number of carbonyl (C=O) groups excluding carboxylic acids is 1. The van der Waals surface area contributed by atoms with E-state index in [4.69, 9.17) is 0 Å². The Morgan fingerprint density at radius 2 is 1.81 bits per heavy atom. The van der Waals surface area contributed by atoms with E-state index in [0.717, 1.165) is 10.5 Å². The highest BCUT2D eigenvalue weighted by molar-refractivity contribution is 8.00. The van der Waals surface area contributed by atoms with Crippen molar-refractivity contribution < 1.29 is 14.3 Å². The fourth-order valence-corrected chi connectivity index (χ4v) is 2.42. The van der Waals surface area contributed by atoms with Crippen LogP contribution in [0.3, 0.4) is 0 Å². The summed E-state index contributed by atoms with van der Waals surface area (Å²) in [6.07, 6.45) is -0.495. The average molecular weight is 305 g/mol. The molecule has 110 valence electrons.